The third kappa shape index (κ3) is 3.74. The Balaban J connectivity index is 1.55. The van der Waals surface area contributed by atoms with E-state index in [1.165, 1.54) is 11.1 Å². The Morgan fingerprint density at radius 1 is 0.450 bits per heavy atom. The molecule has 40 heavy (non-hydrogen) atoms. The maximum Gasteiger partial charge on any atom is 0.166 e. The van der Waals surface area contributed by atoms with Crippen LogP contribution in [0.2, 0.25) is 0 Å². The zero-order valence-corrected chi connectivity index (χ0v) is 24.0. The van der Waals surface area contributed by atoms with Crippen molar-refractivity contribution in [2.24, 2.45) is 0 Å². The third-order valence-electron chi connectivity index (χ3n) is 8.07. The first-order valence-corrected chi connectivity index (χ1v) is 14.0. The van der Waals surface area contributed by atoms with Gasteiger partial charge in [0.15, 0.2) is 11.3 Å². The van der Waals surface area contributed by atoms with E-state index in [9.17, 15) is 0 Å². The molecule has 4 aromatic carbocycles. The lowest BCUT2D eigenvalue weighted by molar-refractivity contribution is 0.590. The summed E-state index contributed by atoms with van der Waals surface area (Å²) in [6.45, 7) is 13.5. The summed E-state index contributed by atoms with van der Waals surface area (Å²) in [4.78, 5) is 10.7. The van der Waals surface area contributed by atoms with Crippen molar-refractivity contribution in [2.75, 3.05) is 0 Å². The molecule has 0 N–H and O–H groups in total. The minimum Gasteiger partial charge on any atom is -0.292 e. The number of fused-ring (bicyclic) bond motifs is 6. The van der Waals surface area contributed by atoms with Gasteiger partial charge in [-0.1, -0.05) is 102 Å². The molecule has 0 aliphatic heterocycles. The van der Waals surface area contributed by atoms with Crippen LogP contribution in [0.15, 0.2) is 97.1 Å². The largest absolute Gasteiger partial charge is 0.292 e. The zero-order chi connectivity index (χ0) is 27.8. The van der Waals surface area contributed by atoms with Crippen LogP contribution in [-0.4, -0.2) is 19.1 Å². The number of rotatable bonds is 2. The maximum atomic E-state index is 5.41. The van der Waals surface area contributed by atoms with Crippen LogP contribution in [-0.2, 0) is 10.8 Å². The molecule has 7 aromatic rings. The van der Waals surface area contributed by atoms with Crippen LogP contribution < -0.4 is 0 Å². The Labute approximate surface area is 234 Å². The summed E-state index contributed by atoms with van der Waals surface area (Å²) in [5.74, 6) is 0. The summed E-state index contributed by atoms with van der Waals surface area (Å²) in [5.41, 5.74) is 10.8. The molecule has 0 bridgehead atoms. The highest BCUT2D eigenvalue weighted by atomic mass is 15.1. The van der Waals surface area contributed by atoms with Gasteiger partial charge in [0.25, 0.3) is 0 Å². The predicted molar refractivity (Wildman–Crippen MR) is 168 cm³/mol. The second kappa shape index (κ2) is 8.53. The Kier molecular flexibility index (Phi) is 5.24. The third-order valence-corrected chi connectivity index (χ3v) is 8.07. The van der Waals surface area contributed by atoms with E-state index in [-0.39, 0.29) is 10.8 Å². The van der Waals surface area contributed by atoms with E-state index in [0.29, 0.717) is 0 Å². The second-order valence-electron chi connectivity index (χ2n) is 12.9. The monoisotopic (exact) mass is 522 g/mol. The van der Waals surface area contributed by atoms with E-state index in [1.54, 1.807) is 0 Å². The average Bonchev–Trinajstić information content (AvgIpc) is 3.43. The summed E-state index contributed by atoms with van der Waals surface area (Å²) >= 11 is 0. The molecule has 4 heteroatoms. The molecule has 4 nitrogen and oxygen atoms in total. The van der Waals surface area contributed by atoms with Crippen molar-refractivity contribution in [2.45, 2.75) is 52.4 Å². The molecule has 0 atom stereocenters. The van der Waals surface area contributed by atoms with Crippen LogP contribution in [0.4, 0.5) is 0 Å². The van der Waals surface area contributed by atoms with E-state index in [0.717, 1.165) is 55.5 Å². The second-order valence-corrected chi connectivity index (χ2v) is 12.9. The van der Waals surface area contributed by atoms with Crippen LogP contribution >= 0.6 is 0 Å². The van der Waals surface area contributed by atoms with Crippen LogP contribution in [0.25, 0.3) is 55.5 Å². The standard InChI is InChI=1S/C36H34N4/c1-35(2,3)23-15-19-25(20-16-23)39-29-13-9-7-11-27(29)31-33(39)38-34-32(37-31)28-12-8-10-14-30(28)40(34)26-21-17-24(18-22-26)36(4,5)6/h7-22H,1-6H3. The van der Waals surface area contributed by atoms with E-state index in [1.807, 2.05) is 0 Å². The Morgan fingerprint density at radius 3 is 1.20 bits per heavy atom. The molecule has 3 aromatic heterocycles. The fraction of sp³-hybridized carbons (Fsp3) is 0.222. The summed E-state index contributed by atoms with van der Waals surface area (Å²) < 4.78 is 4.52. The highest BCUT2D eigenvalue weighted by Crippen LogP contribution is 2.36. The molecule has 0 aliphatic carbocycles. The van der Waals surface area contributed by atoms with Crippen molar-refractivity contribution in [3.8, 4) is 11.4 Å². The molecule has 198 valence electrons. The summed E-state index contributed by atoms with van der Waals surface area (Å²) in [5, 5.41) is 2.22. The van der Waals surface area contributed by atoms with E-state index in [2.05, 4.69) is 148 Å². The van der Waals surface area contributed by atoms with Gasteiger partial charge in [-0.3, -0.25) is 9.13 Å². The van der Waals surface area contributed by atoms with E-state index >= 15 is 0 Å². The molecule has 0 saturated heterocycles. The predicted octanol–water partition coefficient (Wildman–Crippen LogP) is 9.27. The lowest BCUT2D eigenvalue weighted by Gasteiger charge is -2.19. The van der Waals surface area contributed by atoms with Gasteiger partial charge in [-0.25, -0.2) is 9.97 Å². The van der Waals surface area contributed by atoms with Gasteiger partial charge in [-0.05, 0) is 58.4 Å². The SMILES string of the molecule is CC(C)(C)c1ccc(-n2c3ccccc3c3nc4c5ccccc5n(-c5ccc(C(C)(C)C)cc5)c4nc32)cc1. The fourth-order valence-corrected chi connectivity index (χ4v) is 5.80. The van der Waals surface area contributed by atoms with Crippen molar-refractivity contribution in [1.82, 2.24) is 19.1 Å². The molecule has 3 heterocycles. The summed E-state index contributed by atoms with van der Waals surface area (Å²) in [6, 6.07) is 34.7. The highest BCUT2D eigenvalue weighted by molar-refractivity contribution is 6.12. The van der Waals surface area contributed by atoms with Crippen molar-refractivity contribution < 1.29 is 0 Å². The first kappa shape index (κ1) is 24.6. The van der Waals surface area contributed by atoms with Gasteiger partial charge in [0.1, 0.15) is 11.0 Å². The highest BCUT2D eigenvalue weighted by Gasteiger charge is 2.22. The van der Waals surface area contributed by atoms with Gasteiger partial charge >= 0.3 is 0 Å². The normalized spacial score (nSPS) is 12.8. The molecule has 0 aliphatic rings. The molecule has 0 unspecified atom stereocenters. The summed E-state index contributed by atoms with van der Waals surface area (Å²) in [6.07, 6.45) is 0. The lowest BCUT2D eigenvalue weighted by Crippen LogP contribution is -2.11. The number of benzene rings is 4. The zero-order valence-electron chi connectivity index (χ0n) is 24.0. The van der Waals surface area contributed by atoms with Crippen LogP contribution in [0, 0.1) is 0 Å². The van der Waals surface area contributed by atoms with Crippen molar-refractivity contribution in [1.29, 1.82) is 0 Å². The Hall–Kier alpha value is -4.44. The summed E-state index contributed by atoms with van der Waals surface area (Å²) in [7, 11) is 0. The van der Waals surface area contributed by atoms with Gasteiger partial charge < -0.3 is 0 Å². The molecule has 0 radical (unpaired) electrons. The maximum absolute atomic E-state index is 5.41. The first-order chi connectivity index (χ1) is 19.1. The molecule has 0 spiro atoms. The van der Waals surface area contributed by atoms with Crippen LogP contribution in [0.5, 0.6) is 0 Å². The average molecular weight is 523 g/mol. The molecular formula is C36H34N4. The van der Waals surface area contributed by atoms with E-state index in [4.69, 9.17) is 9.97 Å². The number of hydrogen-bond donors (Lipinski definition) is 0. The number of nitrogens with zero attached hydrogens (tertiary/aromatic N) is 4. The number of para-hydroxylation sites is 2. The van der Waals surface area contributed by atoms with Crippen LogP contribution in [0.3, 0.4) is 0 Å². The fourth-order valence-electron chi connectivity index (χ4n) is 5.80. The quantitative estimate of drug-likeness (QED) is 0.227. The molecular weight excluding hydrogens is 488 g/mol. The van der Waals surface area contributed by atoms with Gasteiger partial charge in [0, 0.05) is 22.1 Å². The van der Waals surface area contributed by atoms with Gasteiger partial charge in [-0.15, -0.1) is 0 Å². The van der Waals surface area contributed by atoms with Gasteiger partial charge in [0.2, 0.25) is 0 Å². The van der Waals surface area contributed by atoms with Crippen molar-refractivity contribution in [3.63, 3.8) is 0 Å². The number of aromatic nitrogens is 4. The lowest BCUT2D eigenvalue weighted by atomic mass is 9.87. The molecule has 7 rings (SSSR count). The Bertz CT molecular complexity index is 1900. The topological polar surface area (TPSA) is 35.6 Å². The first-order valence-electron chi connectivity index (χ1n) is 14.0. The smallest absolute Gasteiger partial charge is 0.166 e. The van der Waals surface area contributed by atoms with E-state index < -0.39 is 0 Å². The molecule has 0 saturated carbocycles. The molecule has 0 amide bonds. The minimum atomic E-state index is 0.0921. The Morgan fingerprint density at radius 2 is 0.825 bits per heavy atom. The molecule has 0 fully saturated rings. The van der Waals surface area contributed by atoms with Crippen LogP contribution in [0.1, 0.15) is 52.7 Å². The van der Waals surface area contributed by atoms with Crippen molar-refractivity contribution >= 4 is 44.1 Å². The minimum absolute atomic E-state index is 0.0921. The van der Waals surface area contributed by atoms with Gasteiger partial charge in [0.05, 0.1) is 11.0 Å². The van der Waals surface area contributed by atoms with Gasteiger partial charge in [-0.2, -0.15) is 0 Å². The van der Waals surface area contributed by atoms with Crippen molar-refractivity contribution in [3.05, 3.63) is 108 Å². The number of hydrogen-bond acceptors (Lipinski definition) is 2.